The van der Waals surface area contributed by atoms with Crippen molar-refractivity contribution in [3.63, 3.8) is 0 Å². The summed E-state index contributed by atoms with van der Waals surface area (Å²) >= 11 is 0. The summed E-state index contributed by atoms with van der Waals surface area (Å²) < 4.78 is 40.4. The first-order valence-electron chi connectivity index (χ1n) is 4.75. The second-order valence-corrected chi connectivity index (χ2v) is 3.34. The summed E-state index contributed by atoms with van der Waals surface area (Å²) in [5.41, 5.74) is -0.808. The zero-order valence-electron chi connectivity index (χ0n) is 9.11. The van der Waals surface area contributed by atoms with Crippen molar-refractivity contribution in [2.75, 3.05) is 0 Å². The van der Waals surface area contributed by atoms with Gasteiger partial charge in [0.25, 0.3) is 0 Å². The third-order valence-corrected chi connectivity index (χ3v) is 2.12. The van der Waals surface area contributed by atoms with Gasteiger partial charge in [0.2, 0.25) is 5.75 Å². The van der Waals surface area contributed by atoms with Crippen LogP contribution in [0.2, 0.25) is 0 Å². The number of alkyl halides is 3. The molecule has 1 rings (SSSR count). The predicted octanol–water partition coefficient (Wildman–Crippen LogP) is 3.60. The summed E-state index contributed by atoms with van der Waals surface area (Å²) in [5.74, 6) is -1.60. The van der Waals surface area contributed by atoms with Gasteiger partial charge in [0.05, 0.1) is 4.92 Å². The lowest BCUT2D eigenvalue weighted by Gasteiger charge is -2.15. The number of nitrogens with zero attached hydrogens (tertiary/aromatic N) is 1. The first kappa shape index (κ1) is 14.0. The molecule has 0 aromatic heterocycles. The fraction of sp³-hybridized carbons (Fsp3) is 0.182. The van der Waals surface area contributed by atoms with E-state index in [0.717, 1.165) is 6.07 Å². The van der Waals surface area contributed by atoms with Crippen LogP contribution in [0.4, 0.5) is 18.9 Å². The molecule has 0 aliphatic heterocycles. The molecule has 4 nitrogen and oxygen atoms in total. The van der Waals surface area contributed by atoms with Gasteiger partial charge in [-0.05, 0) is 6.92 Å². The average Bonchev–Trinajstić information content (AvgIpc) is 2.25. The Bertz CT molecular complexity index is 471. The van der Waals surface area contributed by atoms with Crippen LogP contribution in [0, 0.1) is 17.0 Å². The van der Waals surface area contributed by atoms with E-state index in [4.69, 9.17) is 0 Å². The van der Waals surface area contributed by atoms with Gasteiger partial charge in [0, 0.05) is 17.5 Å². The molecule has 0 spiro atoms. The molecule has 97 valence electrons. The standard InChI is InChI=1S/C11H9F3NO3/c1-3-7(2)8-5-4-6-9(15(16)17)10(8)18-11(12,13)14/h3-7H,1-2H2. The fourth-order valence-electron chi connectivity index (χ4n) is 1.33. The summed E-state index contributed by atoms with van der Waals surface area (Å²) in [5, 5.41) is 10.7. The van der Waals surface area contributed by atoms with Gasteiger partial charge in [-0.25, -0.2) is 0 Å². The van der Waals surface area contributed by atoms with Crippen LogP contribution in [0.25, 0.3) is 0 Å². The highest BCUT2D eigenvalue weighted by molar-refractivity contribution is 5.54. The largest absolute Gasteiger partial charge is 0.573 e. The summed E-state index contributed by atoms with van der Waals surface area (Å²) in [7, 11) is 0. The van der Waals surface area contributed by atoms with E-state index >= 15 is 0 Å². The van der Waals surface area contributed by atoms with Crippen LogP contribution in [0.15, 0.2) is 30.9 Å². The molecule has 0 N–H and O–H groups in total. The Hall–Kier alpha value is -2.05. The van der Waals surface area contributed by atoms with Crippen molar-refractivity contribution in [2.45, 2.75) is 12.3 Å². The molecule has 7 heteroatoms. The highest BCUT2D eigenvalue weighted by Crippen LogP contribution is 2.38. The summed E-state index contributed by atoms with van der Waals surface area (Å²) in [6.07, 6.45) is -3.75. The van der Waals surface area contributed by atoms with Gasteiger partial charge in [-0.1, -0.05) is 18.2 Å². The number of nitro groups is 1. The maximum Gasteiger partial charge on any atom is 0.573 e. The van der Waals surface area contributed by atoms with Crippen LogP contribution in [0.5, 0.6) is 5.75 Å². The first-order chi connectivity index (χ1) is 8.26. The molecule has 1 aromatic rings. The Morgan fingerprint density at radius 2 is 2.06 bits per heavy atom. The minimum absolute atomic E-state index is 0.0449. The van der Waals surface area contributed by atoms with Crippen LogP contribution in [-0.4, -0.2) is 11.3 Å². The Morgan fingerprint density at radius 1 is 1.44 bits per heavy atom. The highest BCUT2D eigenvalue weighted by Gasteiger charge is 2.36. The number of halogens is 3. The second-order valence-electron chi connectivity index (χ2n) is 3.34. The summed E-state index contributed by atoms with van der Waals surface area (Å²) in [6.45, 7) is 6.91. The maximum absolute atomic E-state index is 12.2. The van der Waals surface area contributed by atoms with E-state index in [0.29, 0.717) is 0 Å². The molecule has 0 heterocycles. The molecule has 0 saturated carbocycles. The molecule has 1 aromatic carbocycles. The molecule has 1 atom stereocenters. The molecular formula is C11H9F3NO3. The molecule has 0 aliphatic rings. The van der Waals surface area contributed by atoms with E-state index in [-0.39, 0.29) is 5.56 Å². The first-order valence-corrected chi connectivity index (χ1v) is 4.75. The normalized spacial score (nSPS) is 12.9. The Morgan fingerprint density at radius 3 is 2.50 bits per heavy atom. The van der Waals surface area contributed by atoms with Crippen LogP contribution in [0.1, 0.15) is 11.5 Å². The number of para-hydroxylation sites is 1. The van der Waals surface area contributed by atoms with E-state index < -0.39 is 28.6 Å². The van der Waals surface area contributed by atoms with Crippen molar-refractivity contribution in [1.29, 1.82) is 0 Å². The van der Waals surface area contributed by atoms with Crippen LogP contribution in [0.3, 0.4) is 0 Å². The van der Waals surface area contributed by atoms with E-state index in [1.807, 2.05) is 0 Å². The van der Waals surface area contributed by atoms with Crippen molar-refractivity contribution in [1.82, 2.24) is 0 Å². The third kappa shape index (κ3) is 3.22. The third-order valence-electron chi connectivity index (χ3n) is 2.12. The highest BCUT2D eigenvalue weighted by atomic mass is 19.4. The van der Waals surface area contributed by atoms with Gasteiger partial charge >= 0.3 is 12.0 Å². The van der Waals surface area contributed by atoms with E-state index in [2.05, 4.69) is 18.2 Å². The number of hydrogen-bond acceptors (Lipinski definition) is 3. The van der Waals surface area contributed by atoms with E-state index in [1.54, 1.807) is 0 Å². The SMILES string of the molecule is [CH2]C(C=C)c1cccc([N+](=O)[O-])c1OC(F)(F)F. The second kappa shape index (κ2) is 5.07. The number of ether oxygens (including phenoxy) is 1. The van der Waals surface area contributed by atoms with Crippen molar-refractivity contribution >= 4 is 5.69 Å². The van der Waals surface area contributed by atoms with Gasteiger partial charge in [-0.15, -0.1) is 19.8 Å². The van der Waals surface area contributed by atoms with E-state index in [1.165, 1.54) is 18.2 Å². The molecule has 0 aliphatic carbocycles. The smallest absolute Gasteiger partial charge is 0.398 e. The lowest BCUT2D eigenvalue weighted by Crippen LogP contribution is -2.19. The molecule has 0 amide bonds. The molecule has 0 bridgehead atoms. The summed E-state index contributed by atoms with van der Waals surface area (Å²) in [6, 6.07) is 3.46. The maximum atomic E-state index is 12.2. The lowest BCUT2D eigenvalue weighted by atomic mass is 9.99. The fourth-order valence-corrected chi connectivity index (χ4v) is 1.33. The zero-order valence-corrected chi connectivity index (χ0v) is 9.11. The van der Waals surface area contributed by atoms with Crippen LogP contribution >= 0.6 is 0 Å². The lowest BCUT2D eigenvalue weighted by molar-refractivity contribution is -0.388. The topological polar surface area (TPSA) is 52.4 Å². The average molecular weight is 260 g/mol. The molecule has 0 fully saturated rings. The molecule has 1 unspecified atom stereocenters. The minimum Gasteiger partial charge on any atom is -0.398 e. The van der Waals surface area contributed by atoms with Gasteiger partial charge in [-0.3, -0.25) is 10.1 Å². The molecule has 18 heavy (non-hydrogen) atoms. The van der Waals surface area contributed by atoms with Crippen molar-refractivity contribution < 1.29 is 22.8 Å². The Balaban J connectivity index is 3.38. The number of rotatable bonds is 4. The number of benzene rings is 1. The van der Waals surface area contributed by atoms with Gasteiger partial charge in [-0.2, -0.15) is 0 Å². The number of hydrogen-bond donors (Lipinski definition) is 0. The van der Waals surface area contributed by atoms with Crippen molar-refractivity contribution in [3.05, 3.63) is 53.5 Å². The van der Waals surface area contributed by atoms with Crippen LogP contribution < -0.4 is 4.74 Å². The zero-order chi connectivity index (χ0) is 13.9. The molecule has 1 radical (unpaired) electrons. The predicted molar refractivity (Wildman–Crippen MR) is 58.1 cm³/mol. The Kier molecular flexibility index (Phi) is 3.95. The van der Waals surface area contributed by atoms with Crippen molar-refractivity contribution in [3.8, 4) is 5.75 Å². The van der Waals surface area contributed by atoms with Crippen molar-refractivity contribution in [2.24, 2.45) is 0 Å². The molecule has 0 saturated heterocycles. The number of nitro benzene ring substituents is 1. The van der Waals surface area contributed by atoms with Gasteiger partial charge in [0.15, 0.2) is 0 Å². The van der Waals surface area contributed by atoms with E-state index in [9.17, 15) is 23.3 Å². The van der Waals surface area contributed by atoms with Crippen LogP contribution in [-0.2, 0) is 0 Å². The minimum atomic E-state index is -5.01. The Labute approximate surface area is 101 Å². The monoisotopic (exact) mass is 260 g/mol. The van der Waals surface area contributed by atoms with Gasteiger partial charge in [0.1, 0.15) is 0 Å². The summed E-state index contributed by atoms with van der Waals surface area (Å²) in [4.78, 5) is 9.74. The van der Waals surface area contributed by atoms with Gasteiger partial charge < -0.3 is 4.74 Å². The quantitative estimate of drug-likeness (QED) is 0.472. The number of allylic oxidation sites excluding steroid dienone is 1. The molecular weight excluding hydrogens is 251 g/mol.